The minimum Gasteiger partial charge on any atom is -0.453 e. The number of carbonyl (C=O) groups is 3. The van der Waals surface area contributed by atoms with Gasteiger partial charge in [-0.25, -0.2) is 19.6 Å². The monoisotopic (exact) mass is 646 g/mol. The summed E-state index contributed by atoms with van der Waals surface area (Å²) in [5.74, 6) is 0.821. The van der Waals surface area contributed by atoms with E-state index in [0.717, 1.165) is 40.1 Å². The van der Waals surface area contributed by atoms with Crippen molar-refractivity contribution in [1.82, 2.24) is 35.5 Å². The summed E-state index contributed by atoms with van der Waals surface area (Å²) >= 11 is 0. The normalized spacial score (nSPS) is 10.1. The van der Waals surface area contributed by atoms with Crippen molar-refractivity contribution in [3.8, 4) is 33.6 Å². The Bertz CT molecular complexity index is 1510. The third-order valence-corrected chi connectivity index (χ3v) is 6.34. The van der Waals surface area contributed by atoms with Gasteiger partial charge in [0.05, 0.1) is 37.4 Å². The fraction of sp³-hybridized carbons (Fsp3) is 0.400. The Hall–Kier alpha value is -5.13. The van der Waals surface area contributed by atoms with E-state index in [1.165, 1.54) is 13.5 Å². The van der Waals surface area contributed by atoms with Crippen LogP contribution in [0.15, 0.2) is 60.9 Å². The van der Waals surface area contributed by atoms with Gasteiger partial charge in [0.15, 0.2) is 0 Å². The van der Waals surface area contributed by atoms with E-state index in [4.69, 9.17) is 0 Å². The summed E-state index contributed by atoms with van der Waals surface area (Å²) in [5, 5.41) is 7.88. The first-order chi connectivity index (χ1) is 22.7. The van der Waals surface area contributed by atoms with E-state index in [1.807, 2.05) is 83.1 Å². The largest absolute Gasteiger partial charge is 0.453 e. The highest BCUT2D eigenvalue weighted by molar-refractivity contribution is 5.88. The zero-order chi connectivity index (χ0) is 34.8. The van der Waals surface area contributed by atoms with Gasteiger partial charge in [-0.1, -0.05) is 89.6 Å². The van der Waals surface area contributed by atoms with Gasteiger partial charge in [-0.15, -0.1) is 0 Å². The molecule has 12 heteroatoms. The van der Waals surface area contributed by atoms with Crippen LogP contribution in [0.3, 0.4) is 0 Å². The fourth-order valence-electron chi connectivity index (χ4n) is 4.29. The lowest BCUT2D eigenvalue weighted by molar-refractivity contribution is -0.130. The molecule has 0 aliphatic heterocycles. The van der Waals surface area contributed by atoms with Crippen molar-refractivity contribution in [3.63, 3.8) is 0 Å². The Kier molecular flexibility index (Phi) is 16.3. The van der Waals surface area contributed by atoms with Gasteiger partial charge >= 0.3 is 12.1 Å². The van der Waals surface area contributed by atoms with Crippen LogP contribution in [0.2, 0.25) is 0 Å². The molecule has 2 aromatic carbocycles. The minimum atomic E-state index is -0.645. The number of hydrogen-bond donors (Lipinski definition) is 5. The number of benzene rings is 2. The Balaban J connectivity index is 0.00000145. The molecule has 0 unspecified atom stereocenters. The Morgan fingerprint density at radius 3 is 1.85 bits per heavy atom. The van der Waals surface area contributed by atoms with Crippen LogP contribution in [0.25, 0.3) is 33.6 Å². The number of methoxy groups -OCH3 is 1. The number of ether oxygens (including phenoxy) is 1. The smallest absolute Gasteiger partial charge is 0.407 e. The topological polar surface area (TPSA) is 157 Å². The summed E-state index contributed by atoms with van der Waals surface area (Å²) in [6, 6.07) is 15.9. The maximum Gasteiger partial charge on any atom is 0.407 e. The molecule has 0 spiro atoms. The third-order valence-electron chi connectivity index (χ3n) is 6.34. The second kappa shape index (κ2) is 20.1. The van der Waals surface area contributed by atoms with Crippen LogP contribution in [-0.2, 0) is 16.1 Å². The molecule has 5 N–H and O–H groups in total. The molecule has 4 amide bonds. The van der Waals surface area contributed by atoms with Crippen LogP contribution in [0, 0.1) is 0 Å². The van der Waals surface area contributed by atoms with Crippen molar-refractivity contribution in [2.75, 3.05) is 25.5 Å². The molecule has 12 nitrogen and oxygen atoms in total. The number of nitrogens with zero attached hydrogens (tertiary/aromatic N) is 3. The summed E-state index contributed by atoms with van der Waals surface area (Å²) in [6.45, 7) is 14.7. The quantitative estimate of drug-likeness (QED) is 0.116. The molecule has 4 rings (SSSR count). The summed E-state index contributed by atoms with van der Waals surface area (Å²) in [5.41, 5.74) is 5.66. The third kappa shape index (κ3) is 12.3. The van der Waals surface area contributed by atoms with Gasteiger partial charge in [-0.05, 0) is 42.5 Å². The van der Waals surface area contributed by atoms with E-state index >= 15 is 0 Å². The zero-order valence-electron chi connectivity index (χ0n) is 28.9. The van der Waals surface area contributed by atoms with Gasteiger partial charge in [0, 0.05) is 12.6 Å². The number of amides is 4. The predicted octanol–water partition coefficient (Wildman–Crippen LogP) is 7.20. The van der Waals surface area contributed by atoms with Crippen molar-refractivity contribution in [2.45, 2.75) is 73.9 Å². The van der Waals surface area contributed by atoms with Crippen LogP contribution in [0.4, 0.5) is 15.5 Å². The first-order valence-corrected chi connectivity index (χ1v) is 16.1. The lowest BCUT2D eigenvalue weighted by atomic mass is 10.0. The summed E-state index contributed by atoms with van der Waals surface area (Å²) in [4.78, 5) is 52.6. The van der Waals surface area contributed by atoms with Gasteiger partial charge in [-0.2, -0.15) is 0 Å². The maximum atomic E-state index is 12.6. The first kappa shape index (κ1) is 38.1. The molecular formula is C35H50N8O4. The number of rotatable bonds is 11. The molecule has 0 bridgehead atoms. The number of H-pyrrole nitrogens is 2. The molecule has 0 fully saturated rings. The molecule has 2 heterocycles. The lowest BCUT2D eigenvalue weighted by Crippen LogP contribution is -2.40. The van der Waals surface area contributed by atoms with E-state index in [0.29, 0.717) is 24.9 Å². The van der Waals surface area contributed by atoms with Crippen molar-refractivity contribution < 1.29 is 19.1 Å². The standard InChI is InChI=1S/C30H36N8O4.C3H8.C2H6/c1-5-14-38(27(39)17-33-30(41)42-4)18-26-31-15-24(35-26)22-10-6-20(7-11-22)21-8-12-23(13-9-21)25-16-32-28(36-25)37-29(40)34-19(2)3;1-3-2;1-2/h6-13,15-16,19H,5,14,17-18H2,1-4H3,(H,31,35)(H,33,41)(H3,32,34,36,37,40);3H2,1-2H3;1-2H3. The van der Waals surface area contributed by atoms with E-state index in [1.54, 1.807) is 17.3 Å². The number of imidazole rings is 2. The molecule has 0 saturated carbocycles. The summed E-state index contributed by atoms with van der Waals surface area (Å²) < 4.78 is 4.53. The highest BCUT2D eigenvalue weighted by Crippen LogP contribution is 2.27. The number of urea groups is 1. The van der Waals surface area contributed by atoms with Crippen molar-refractivity contribution in [1.29, 1.82) is 0 Å². The lowest BCUT2D eigenvalue weighted by Gasteiger charge is -2.21. The van der Waals surface area contributed by atoms with Crippen LogP contribution >= 0.6 is 0 Å². The number of anilines is 1. The molecule has 0 radical (unpaired) electrons. The van der Waals surface area contributed by atoms with Crippen LogP contribution < -0.4 is 16.0 Å². The molecule has 0 aliphatic carbocycles. The van der Waals surface area contributed by atoms with Crippen molar-refractivity contribution >= 4 is 24.0 Å². The molecular weight excluding hydrogens is 596 g/mol. The average Bonchev–Trinajstić information content (AvgIpc) is 3.74. The highest BCUT2D eigenvalue weighted by Gasteiger charge is 2.16. The number of hydrogen-bond acceptors (Lipinski definition) is 6. The molecule has 254 valence electrons. The Morgan fingerprint density at radius 1 is 0.830 bits per heavy atom. The number of nitrogens with one attached hydrogen (secondary N) is 5. The number of carbonyl (C=O) groups excluding carboxylic acids is 3. The van der Waals surface area contributed by atoms with Gasteiger partial charge in [0.25, 0.3) is 0 Å². The van der Waals surface area contributed by atoms with Crippen molar-refractivity contribution in [3.05, 3.63) is 66.7 Å². The van der Waals surface area contributed by atoms with Gasteiger partial charge in [-0.3, -0.25) is 10.1 Å². The van der Waals surface area contributed by atoms with E-state index in [2.05, 4.69) is 54.5 Å². The number of aromatic nitrogens is 4. The van der Waals surface area contributed by atoms with Crippen LogP contribution in [-0.4, -0.2) is 69.1 Å². The Labute approximate surface area is 278 Å². The van der Waals surface area contributed by atoms with Gasteiger partial charge in [0.1, 0.15) is 12.4 Å². The molecule has 0 saturated heterocycles. The minimum absolute atomic E-state index is 0.0285. The molecule has 0 atom stereocenters. The van der Waals surface area contributed by atoms with Crippen LogP contribution in [0.5, 0.6) is 0 Å². The van der Waals surface area contributed by atoms with Gasteiger partial charge in [0.2, 0.25) is 11.9 Å². The second-order valence-corrected chi connectivity index (χ2v) is 10.7. The molecule has 47 heavy (non-hydrogen) atoms. The van der Waals surface area contributed by atoms with E-state index in [9.17, 15) is 14.4 Å². The van der Waals surface area contributed by atoms with E-state index < -0.39 is 6.09 Å². The molecule has 4 aromatic rings. The highest BCUT2D eigenvalue weighted by atomic mass is 16.5. The fourth-order valence-corrected chi connectivity index (χ4v) is 4.29. The summed E-state index contributed by atoms with van der Waals surface area (Å²) in [6.07, 6.45) is 4.81. The van der Waals surface area contributed by atoms with Crippen LogP contribution in [0.1, 0.15) is 67.1 Å². The van der Waals surface area contributed by atoms with Crippen molar-refractivity contribution in [2.24, 2.45) is 0 Å². The molecule has 2 aromatic heterocycles. The average molecular weight is 647 g/mol. The summed E-state index contributed by atoms with van der Waals surface area (Å²) in [7, 11) is 1.26. The maximum absolute atomic E-state index is 12.6. The number of aromatic amines is 2. The molecule has 0 aliphatic rings. The number of alkyl carbamates (subject to hydrolysis) is 1. The Morgan fingerprint density at radius 2 is 1.34 bits per heavy atom. The zero-order valence-corrected chi connectivity index (χ0v) is 28.9. The second-order valence-electron chi connectivity index (χ2n) is 10.7. The first-order valence-electron chi connectivity index (χ1n) is 16.1. The SMILES string of the molecule is CC.CCC.CCCN(Cc1ncc(-c2ccc(-c3ccc(-c4cnc(NC(=O)NC(C)C)[nH]4)cc3)cc2)[nH]1)C(=O)CNC(=O)OC. The van der Waals surface area contributed by atoms with Gasteiger partial charge < -0.3 is 30.2 Å². The van der Waals surface area contributed by atoms with E-state index in [-0.39, 0.29) is 24.5 Å². The predicted molar refractivity (Wildman–Crippen MR) is 188 cm³/mol.